The van der Waals surface area contributed by atoms with Gasteiger partial charge in [0, 0.05) is 5.54 Å². The first kappa shape index (κ1) is 20.4. The maximum atomic E-state index is 12.5. The van der Waals surface area contributed by atoms with Crippen molar-refractivity contribution in [1.82, 2.24) is 20.2 Å². The standard InChI is InChI=1S/C22H26N4O3/c1-22(2,3)25-20(27)13-23-21(28)14-26-18-12-8-7-11-17(18)24-19(26)15-29-16-9-5-4-6-10-16/h4-12H,13-15H2,1-3H3,(H,23,28)(H,25,27). The predicted octanol–water partition coefficient (Wildman–Crippen LogP) is 2.65. The molecule has 1 heterocycles. The number of imidazole rings is 1. The van der Waals surface area contributed by atoms with E-state index in [1.165, 1.54) is 0 Å². The summed E-state index contributed by atoms with van der Waals surface area (Å²) in [7, 11) is 0. The van der Waals surface area contributed by atoms with E-state index in [2.05, 4.69) is 15.6 Å². The average molecular weight is 394 g/mol. The number of hydrogen-bond acceptors (Lipinski definition) is 4. The summed E-state index contributed by atoms with van der Waals surface area (Å²) in [6, 6.07) is 17.1. The van der Waals surface area contributed by atoms with Gasteiger partial charge in [-0.2, -0.15) is 0 Å². The first-order valence-electron chi connectivity index (χ1n) is 9.51. The SMILES string of the molecule is CC(C)(C)NC(=O)CNC(=O)Cn1c(COc2ccccc2)nc2ccccc21. The molecule has 0 aliphatic carbocycles. The molecular weight excluding hydrogens is 368 g/mol. The minimum atomic E-state index is -0.343. The fraction of sp³-hybridized carbons (Fsp3) is 0.318. The van der Waals surface area contributed by atoms with Crippen molar-refractivity contribution < 1.29 is 14.3 Å². The van der Waals surface area contributed by atoms with Crippen LogP contribution in [0.4, 0.5) is 0 Å². The number of ether oxygens (including phenoxy) is 1. The van der Waals surface area contributed by atoms with Crippen LogP contribution in [0.3, 0.4) is 0 Å². The topological polar surface area (TPSA) is 85.2 Å². The first-order chi connectivity index (χ1) is 13.8. The van der Waals surface area contributed by atoms with Crippen molar-refractivity contribution in [3.63, 3.8) is 0 Å². The molecular formula is C22H26N4O3. The van der Waals surface area contributed by atoms with Crippen LogP contribution in [0.15, 0.2) is 54.6 Å². The molecule has 2 aromatic carbocycles. The van der Waals surface area contributed by atoms with Crippen molar-refractivity contribution in [3.05, 3.63) is 60.4 Å². The van der Waals surface area contributed by atoms with Crippen molar-refractivity contribution >= 4 is 22.8 Å². The summed E-state index contributed by atoms with van der Waals surface area (Å²) in [6.45, 7) is 5.89. The summed E-state index contributed by atoms with van der Waals surface area (Å²) in [6.07, 6.45) is 0. The van der Waals surface area contributed by atoms with Crippen LogP contribution in [0.5, 0.6) is 5.75 Å². The number of benzene rings is 2. The molecule has 29 heavy (non-hydrogen) atoms. The van der Waals surface area contributed by atoms with Gasteiger partial charge in [-0.25, -0.2) is 4.98 Å². The summed E-state index contributed by atoms with van der Waals surface area (Å²) >= 11 is 0. The second-order valence-electron chi connectivity index (χ2n) is 7.78. The van der Waals surface area contributed by atoms with Crippen LogP contribution in [-0.4, -0.2) is 33.4 Å². The van der Waals surface area contributed by atoms with Gasteiger partial charge in [-0.3, -0.25) is 9.59 Å². The number of carbonyl (C=O) groups excluding carboxylic acids is 2. The Kier molecular flexibility index (Phi) is 6.16. The molecule has 0 aliphatic rings. The molecule has 7 heteroatoms. The van der Waals surface area contributed by atoms with Crippen molar-refractivity contribution in [3.8, 4) is 5.75 Å². The van der Waals surface area contributed by atoms with Gasteiger partial charge in [0.25, 0.3) is 0 Å². The molecule has 0 fully saturated rings. The zero-order chi connectivity index (χ0) is 20.9. The number of nitrogens with zero attached hydrogens (tertiary/aromatic N) is 2. The van der Waals surface area contributed by atoms with E-state index in [1.54, 1.807) is 0 Å². The van der Waals surface area contributed by atoms with E-state index in [-0.39, 0.29) is 37.0 Å². The lowest BCUT2D eigenvalue weighted by Crippen LogP contribution is -2.46. The minimum absolute atomic E-state index is 0.0524. The number of para-hydroxylation sites is 3. The van der Waals surface area contributed by atoms with Crippen molar-refractivity contribution in [2.75, 3.05) is 6.54 Å². The Hall–Kier alpha value is -3.35. The third kappa shape index (κ3) is 5.81. The normalized spacial score (nSPS) is 11.3. The number of carbonyl (C=O) groups is 2. The number of rotatable bonds is 7. The lowest BCUT2D eigenvalue weighted by Gasteiger charge is -2.20. The third-order valence-corrected chi connectivity index (χ3v) is 4.11. The van der Waals surface area contributed by atoms with E-state index >= 15 is 0 Å². The van der Waals surface area contributed by atoms with Crippen molar-refractivity contribution in [2.24, 2.45) is 0 Å². The van der Waals surface area contributed by atoms with Gasteiger partial charge in [0.2, 0.25) is 11.8 Å². The molecule has 3 rings (SSSR count). The van der Waals surface area contributed by atoms with Gasteiger partial charge in [0.1, 0.15) is 24.7 Å². The molecule has 152 valence electrons. The molecule has 2 amide bonds. The summed E-state index contributed by atoms with van der Waals surface area (Å²) < 4.78 is 7.63. The second kappa shape index (κ2) is 8.77. The summed E-state index contributed by atoms with van der Waals surface area (Å²) in [5, 5.41) is 5.49. The molecule has 0 unspecified atom stereocenters. The number of nitrogens with one attached hydrogen (secondary N) is 2. The molecule has 0 aliphatic heterocycles. The van der Waals surface area contributed by atoms with Gasteiger partial charge in [-0.05, 0) is 45.0 Å². The zero-order valence-electron chi connectivity index (χ0n) is 16.9. The predicted molar refractivity (Wildman–Crippen MR) is 111 cm³/mol. The minimum Gasteiger partial charge on any atom is -0.486 e. The van der Waals surface area contributed by atoms with Crippen LogP contribution in [0, 0.1) is 0 Å². The Labute approximate surface area is 170 Å². The number of aromatic nitrogens is 2. The van der Waals surface area contributed by atoms with Crippen LogP contribution in [0.25, 0.3) is 11.0 Å². The summed E-state index contributed by atoms with van der Waals surface area (Å²) in [5.74, 6) is 0.880. The van der Waals surface area contributed by atoms with E-state index in [0.29, 0.717) is 5.82 Å². The molecule has 0 radical (unpaired) electrons. The molecule has 0 saturated carbocycles. The monoisotopic (exact) mass is 394 g/mol. The lowest BCUT2D eigenvalue weighted by molar-refractivity contribution is -0.127. The Bertz CT molecular complexity index is 990. The highest BCUT2D eigenvalue weighted by molar-refractivity contribution is 5.86. The molecule has 1 aromatic heterocycles. The number of amides is 2. The van der Waals surface area contributed by atoms with Crippen LogP contribution >= 0.6 is 0 Å². The van der Waals surface area contributed by atoms with Crippen LogP contribution in [-0.2, 0) is 22.7 Å². The van der Waals surface area contributed by atoms with Gasteiger partial charge in [0.15, 0.2) is 0 Å². The average Bonchev–Trinajstić information content (AvgIpc) is 3.02. The molecule has 0 bridgehead atoms. The van der Waals surface area contributed by atoms with Gasteiger partial charge >= 0.3 is 0 Å². The quantitative estimate of drug-likeness (QED) is 0.645. The molecule has 2 N–H and O–H groups in total. The van der Waals surface area contributed by atoms with Crippen LogP contribution in [0.1, 0.15) is 26.6 Å². The van der Waals surface area contributed by atoms with Crippen LogP contribution < -0.4 is 15.4 Å². The highest BCUT2D eigenvalue weighted by Gasteiger charge is 2.17. The molecule has 3 aromatic rings. The van der Waals surface area contributed by atoms with Crippen LogP contribution in [0.2, 0.25) is 0 Å². The Balaban J connectivity index is 1.70. The summed E-state index contributed by atoms with van der Waals surface area (Å²) in [4.78, 5) is 29.0. The zero-order valence-corrected chi connectivity index (χ0v) is 16.9. The van der Waals surface area contributed by atoms with E-state index in [1.807, 2.05) is 79.9 Å². The third-order valence-electron chi connectivity index (χ3n) is 4.11. The largest absolute Gasteiger partial charge is 0.486 e. The van der Waals surface area contributed by atoms with E-state index in [9.17, 15) is 9.59 Å². The number of hydrogen-bond donors (Lipinski definition) is 2. The van der Waals surface area contributed by atoms with E-state index in [0.717, 1.165) is 16.8 Å². The Morgan fingerprint density at radius 1 is 1.00 bits per heavy atom. The van der Waals surface area contributed by atoms with Gasteiger partial charge in [-0.15, -0.1) is 0 Å². The molecule has 0 atom stereocenters. The second-order valence-corrected chi connectivity index (χ2v) is 7.78. The van der Waals surface area contributed by atoms with Gasteiger partial charge in [0.05, 0.1) is 17.6 Å². The first-order valence-corrected chi connectivity index (χ1v) is 9.51. The molecule has 7 nitrogen and oxygen atoms in total. The highest BCUT2D eigenvalue weighted by Crippen LogP contribution is 2.18. The van der Waals surface area contributed by atoms with Gasteiger partial charge < -0.3 is 19.9 Å². The number of fused-ring (bicyclic) bond motifs is 1. The van der Waals surface area contributed by atoms with Crippen molar-refractivity contribution in [1.29, 1.82) is 0 Å². The molecule has 0 spiro atoms. The van der Waals surface area contributed by atoms with E-state index < -0.39 is 0 Å². The highest BCUT2D eigenvalue weighted by atomic mass is 16.5. The Morgan fingerprint density at radius 2 is 1.69 bits per heavy atom. The smallest absolute Gasteiger partial charge is 0.240 e. The Morgan fingerprint density at radius 3 is 2.41 bits per heavy atom. The fourth-order valence-electron chi connectivity index (χ4n) is 2.92. The van der Waals surface area contributed by atoms with E-state index in [4.69, 9.17) is 4.74 Å². The van der Waals surface area contributed by atoms with Crippen molar-refractivity contribution in [2.45, 2.75) is 39.5 Å². The van der Waals surface area contributed by atoms with Gasteiger partial charge in [-0.1, -0.05) is 30.3 Å². The summed E-state index contributed by atoms with van der Waals surface area (Å²) in [5.41, 5.74) is 1.29. The molecule has 0 saturated heterocycles. The fourth-order valence-corrected chi connectivity index (χ4v) is 2.92. The maximum Gasteiger partial charge on any atom is 0.240 e. The maximum absolute atomic E-state index is 12.5. The lowest BCUT2D eigenvalue weighted by atomic mass is 10.1.